The molecule has 1 aliphatic heterocycles. The van der Waals surface area contributed by atoms with Crippen LogP contribution in [-0.4, -0.2) is 41.0 Å². The summed E-state index contributed by atoms with van der Waals surface area (Å²) in [4.78, 5) is 11.8. The van der Waals surface area contributed by atoms with E-state index in [9.17, 15) is 0 Å². The smallest absolute Gasteiger partial charge is 0.131 e. The van der Waals surface area contributed by atoms with E-state index >= 15 is 0 Å². The molecule has 0 radical (unpaired) electrons. The number of hydrogen-bond acceptors (Lipinski definition) is 4. The normalized spacial score (nSPS) is 32.6. The molecule has 1 saturated heterocycles. The first-order valence-electron chi connectivity index (χ1n) is 7.49. The summed E-state index contributed by atoms with van der Waals surface area (Å²) in [7, 11) is 2.19. The van der Waals surface area contributed by atoms with Crippen molar-refractivity contribution in [3.05, 3.63) is 23.8 Å². The predicted molar refractivity (Wildman–Crippen MR) is 76.1 cm³/mol. The van der Waals surface area contributed by atoms with Gasteiger partial charge in [0.15, 0.2) is 0 Å². The largest absolute Gasteiger partial charge is 0.328 e. The Hall–Kier alpha value is -1.00. The zero-order valence-corrected chi connectivity index (χ0v) is 11.8. The number of nitrogens with zero attached hydrogens (tertiary/aromatic N) is 3. The molecule has 2 fully saturated rings. The Morgan fingerprint density at radius 3 is 2.63 bits per heavy atom. The predicted octanol–water partition coefficient (Wildman–Crippen LogP) is 1.88. The van der Waals surface area contributed by atoms with E-state index in [1.54, 1.807) is 0 Å². The molecule has 2 aliphatic rings. The fraction of sp³-hybridized carbons (Fsp3) is 0.733. The Kier molecular flexibility index (Phi) is 3.80. The summed E-state index contributed by atoms with van der Waals surface area (Å²) in [6.45, 7) is 2.31. The third-order valence-corrected chi connectivity index (χ3v) is 4.64. The van der Waals surface area contributed by atoms with Gasteiger partial charge in [-0.25, -0.2) is 9.97 Å². The third-order valence-electron chi connectivity index (χ3n) is 4.64. The summed E-state index contributed by atoms with van der Waals surface area (Å²) in [5, 5.41) is 0. The van der Waals surface area contributed by atoms with Crippen molar-refractivity contribution >= 4 is 0 Å². The number of likely N-dealkylation sites (tertiary alicyclic amines) is 1. The Labute approximate surface area is 115 Å². The molecule has 4 nitrogen and oxygen atoms in total. The molecule has 1 aromatic rings. The lowest BCUT2D eigenvalue weighted by Crippen LogP contribution is -2.26. The van der Waals surface area contributed by atoms with Crippen LogP contribution in [0.1, 0.15) is 55.5 Å². The van der Waals surface area contributed by atoms with Gasteiger partial charge < -0.3 is 10.6 Å². The number of aromatic nitrogens is 2. The van der Waals surface area contributed by atoms with Crippen molar-refractivity contribution < 1.29 is 0 Å². The van der Waals surface area contributed by atoms with Crippen LogP contribution < -0.4 is 5.73 Å². The van der Waals surface area contributed by atoms with Gasteiger partial charge in [0.1, 0.15) is 5.82 Å². The highest BCUT2D eigenvalue weighted by molar-refractivity contribution is 5.13. The van der Waals surface area contributed by atoms with Crippen LogP contribution in [-0.2, 0) is 0 Å². The number of hydrogen-bond donors (Lipinski definition) is 1. The SMILES string of the molecule is CN1CCC(c2ccnc(C3CCC(N)CC3)n2)C1. The number of likely N-dealkylation sites (N-methyl/N-ethyl adjacent to an activating group) is 1. The monoisotopic (exact) mass is 260 g/mol. The molecule has 0 spiro atoms. The molecule has 4 heteroatoms. The lowest BCUT2D eigenvalue weighted by atomic mass is 9.86. The van der Waals surface area contributed by atoms with Gasteiger partial charge in [0.25, 0.3) is 0 Å². The van der Waals surface area contributed by atoms with E-state index in [1.807, 2.05) is 6.20 Å². The first kappa shape index (κ1) is 13.0. The van der Waals surface area contributed by atoms with Gasteiger partial charge in [-0.2, -0.15) is 0 Å². The Balaban J connectivity index is 1.72. The molecular weight excluding hydrogens is 236 g/mol. The molecule has 1 aromatic heterocycles. The van der Waals surface area contributed by atoms with Gasteiger partial charge >= 0.3 is 0 Å². The van der Waals surface area contributed by atoms with E-state index in [2.05, 4.69) is 23.0 Å². The van der Waals surface area contributed by atoms with Gasteiger partial charge in [-0.1, -0.05) is 0 Å². The second-order valence-corrected chi connectivity index (χ2v) is 6.20. The van der Waals surface area contributed by atoms with E-state index in [-0.39, 0.29) is 0 Å². The van der Waals surface area contributed by atoms with Crippen LogP contribution in [0.15, 0.2) is 12.3 Å². The van der Waals surface area contributed by atoms with Crippen LogP contribution >= 0.6 is 0 Å². The number of nitrogens with two attached hydrogens (primary N) is 1. The van der Waals surface area contributed by atoms with E-state index in [0.29, 0.717) is 17.9 Å². The van der Waals surface area contributed by atoms with E-state index in [1.165, 1.54) is 18.7 Å². The topological polar surface area (TPSA) is 55.0 Å². The first-order chi connectivity index (χ1) is 9.22. The summed E-state index contributed by atoms with van der Waals surface area (Å²) in [5.41, 5.74) is 7.21. The van der Waals surface area contributed by atoms with Gasteiger partial charge in [0.05, 0.1) is 0 Å². The molecule has 0 aromatic carbocycles. The molecule has 0 amide bonds. The van der Waals surface area contributed by atoms with Crippen LogP contribution in [0.3, 0.4) is 0 Å². The van der Waals surface area contributed by atoms with Gasteiger partial charge in [0, 0.05) is 36.3 Å². The second-order valence-electron chi connectivity index (χ2n) is 6.20. The molecule has 1 unspecified atom stereocenters. The van der Waals surface area contributed by atoms with E-state index in [0.717, 1.165) is 38.1 Å². The van der Waals surface area contributed by atoms with E-state index in [4.69, 9.17) is 10.7 Å². The molecule has 2 heterocycles. The third kappa shape index (κ3) is 2.95. The van der Waals surface area contributed by atoms with Gasteiger partial charge in [-0.3, -0.25) is 0 Å². The fourth-order valence-electron chi connectivity index (χ4n) is 3.37. The van der Waals surface area contributed by atoms with Crippen LogP contribution in [0.4, 0.5) is 0 Å². The van der Waals surface area contributed by atoms with Crippen LogP contribution in [0.5, 0.6) is 0 Å². The highest BCUT2D eigenvalue weighted by Gasteiger charge is 2.25. The fourth-order valence-corrected chi connectivity index (χ4v) is 3.37. The Bertz CT molecular complexity index is 426. The summed E-state index contributed by atoms with van der Waals surface area (Å²) < 4.78 is 0. The van der Waals surface area contributed by atoms with Crippen molar-refractivity contribution in [3.8, 4) is 0 Å². The highest BCUT2D eigenvalue weighted by atomic mass is 15.1. The van der Waals surface area contributed by atoms with Crippen molar-refractivity contribution in [3.63, 3.8) is 0 Å². The van der Waals surface area contributed by atoms with Crippen molar-refractivity contribution in [2.45, 2.75) is 50.0 Å². The average molecular weight is 260 g/mol. The molecule has 1 atom stereocenters. The van der Waals surface area contributed by atoms with Gasteiger partial charge in [-0.15, -0.1) is 0 Å². The standard InChI is InChI=1S/C15H24N4/c1-19-9-7-12(10-19)14-6-8-17-15(18-14)11-2-4-13(16)5-3-11/h6,8,11-13H,2-5,7,9-10,16H2,1H3. The van der Waals surface area contributed by atoms with Crippen LogP contribution in [0, 0.1) is 0 Å². The zero-order valence-electron chi connectivity index (χ0n) is 11.8. The Morgan fingerprint density at radius 2 is 1.95 bits per heavy atom. The zero-order chi connectivity index (χ0) is 13.2. The average Bonchev–Trinajstić information content (AvgIpc) is 2.86. The summed E-state index contributed by atoms with van der Waals surface area (Å²) in [6.07, 6.45) is 7.70. The summed E-state index contributed by atoms with van der Waals surface area (Å²) in [5.74, 6) is 2.18. The quantitative estimate of drug-likeness (QED) is 0.882. The van der Waals surface area contributed by atoms with Crippen molar-refractivity contribution in [1.29, 1.82) is 0 Å². The second kappa shape index (κ2) is 5.55. The van der Waals surface area contributed by atoms with Gasteiger partial charge in [0.2, 0.25) is 0 Å². The molecule has 3 rings (SSSR count). The summed E-state index contributed by atoms with van der Waals surface area (Å²) >= 11 is 0. The Morgan fingerprint density at radius 1 is 1.16 bits per heavy atom. The van der Waals surface area contributed by atoms with Crippen molar-refractivity contribution in [2.24, 2.45) is 5.73 Å². The minimum Gasteiger partial charge on any atom is -0.328 e. The lowest BCUT2D eigenvalue weighted by Gasteiger charge is -2.25. The van der Waals surface area contributed by atoms with E-state index < -0.39 is 0 Å². The maximum absolute atomic E-state index is 5.97. The van der Waals surface area contributed by atoms with Gasteiger partial charge in [-0.05, 0) is 51.8 Å². The lowest BCUT2D eigenvalue weighted by molar-refractivity contribution is 0.383. The van der Waals surface area contributed by atoms with Crippen molar-refractivity contribution in [1.82, 2.24) is 14.9 Å². The number of rotatable bonds is 2. The molecule has 0 bridgehead atoms. The van der Waals surface area contributed by atoms with Crippen LogP contribution in [0.2, 0.25) is 0 Å². The maximum Gasteiger partial charge on any atom is 0.131 e. The van der Waals surface area contributed by atoms with Crippen molar-refractivity contribution in [2.75, 3.05) is 20.1 Å². The molecule has 104 valence electrons. The van der Waals surface area contributed by atoms with Crippen LogP contribution in [0.25, 0.3) is 0 Å². The molecule has 19 heavy (non-hydrogen) atoms. The molecule has 2 N–H and O–H groups in total. The molecule has 1 aliphatic carbocycles. The maximum atomic E-state index is 5.97. The highest BCUT2D eigenvalue weighted by Crippen LogP contribution is 2.31. The molecular formula is C15H24N4. The first-order valence-corrected chi connectivity index (χ1v) is 7.49. The minimum absolute atomic E-state index is 0.392. The summed E-state index contributed by atoms with van der Waals surface area (Å²) in [6, 6.07) is 2.49. The molecule has 1 saturated carbocycles. The minimum atomic E-state index is 0.392.